The van der Waals surface area contributed by atoms with Crippen molar-refractivity contribution in [1.82, 2.24) is 9.55 Å². The van der Waals surface area contributed by atoms with Crippen LogP contribution in [0.4, 0.5) is 0 Å². The molecule has 198 valence electrons. The molecule has 8 rings (SSSR count). The van der Waals surface area contributed by atoms with Gasteiger partial charge in [0.05, 0.1) is 28.9 Å². The standard InChI is InChI=1S/C40H28N2/c1-27-41-37-23-9-10-24-38(37)42(27)32-18-12-17-31(26-32)40-35-21-7-5-19-33(35)39(34-20-6-8-22-36(34)40)30-16-11-15-29(25-30)28-13-3-2-4-14-28/h2-26H,1H3/i1D3,2D,3D,4D,5D,6D,7D,8D,13D,14D,19D,20D,21D,22D. The van der Waals surface area contributed by atoms with Crippen LogP contribution in [0, 0.1) is 6.85 Å². The maximum absolute atomic E-state index is 9.31. The molecule has 2 nitrogen and oxygen atoms in total. The highest BCUT2D eigenvalue weighted by Crippen LogP contribution is 2.44. The molecule has 0 saturated carbocycles. The second-order valence-electron chi connectivity index (χ2n) is 9.64. The van der Waals surface area contributed by atoms with Crippen LogP contribution in [0.3, 0.4) is 0 Å². The van der Waals surface area contributed by atoms with E-state index in [1.54, 1.807) is 54.6 Å². The third-order valence-electron chi connectivity index (χ3n) is 7.27. The van der Waals surface area contributed by atoms with Gasteiger partial charge in [-0.25, -0.2) is 4.98 Å². The minimum Gasteiger partial charge on any atom is -0.297 e. The molecule has 1 heterocycles. The lowest BCUT2D eigenvalue weighted by Gasteiger charge is -2.19. The summed E-state index contributed by atoms with van der Waals surface area (Å²) >= 11 is 0. The number of fused-ring (bicyclic) bond motifs is 3. The Bertz CT molecular complexity index is 2990. The van der Waals surface area contributed by atoms with Gasteiger partial charge in [0.25, 0.3) is 0 Å². The van der Waals surface area contributed by atoms with Gasteiger partial charge in [0.2, 0.25) is 0 Å². The van der Waals surface area contributed by atoms with Crippen molar-refractivity contribution in [2.45, 2.75) is 6.85 Å². The van der Waals surface area contributed by atoms with E-state index in [0.717, 1.165) is 0 Å². The lowest BCUT2D eigenvalue weighted by Crippen LogP contribution is -1.97. The fourth-order valence-corrected chi connectivity index (χ4v) is 5.51. The lowest BCUT2D eigenvalue weighted by atomic mass is 9.85. The Hall–Kier alpha value is -5.47. The van der Waals surface area contributed by atoms with Crippen molar-refractivity contribution < 1.29 is 21.9 Å². The SMILES string of the molecule is [2H]c1c([2H])c([2H])c(-c2cccc(-c3c4c([2H])c([2H])c([2H])c([2H])c4c(-c4cccc(-n5c(C([2H])([2H])[2H])nc6ccccc65)c4)c4c([2H])c([2H])c([2H])c([2H])c34)c2)c([2H])c1[2H]. The fourth-order valence-electron chi connectivity index (χ4n) is 5.51. The molecule has 8 aromatic rings. The van der Waals surface area contributed by atoms with E-state index in [1.165, 1.54) is 22.8 Å². The Kier molecular flexibility index (Phi) is 3.06. The van der Waals surface area contributed by atoms with Crippen molar-refractivity contribution in [2.24, 2.45) is 0 Å². The molecule has 0 saturated heterocycles. The first-order chi connectivity index (χ1) is 27.4. The molecule has 0 fully saturated rings. The van der Waals surface area contributed by atoms with Crippen molar-refractivity contribution in [3.05, 3.63) is 157 Å². The Balaban J connectivity index is 1.56. The second kappa shape index (κ2) is 9.87. The molecular formula is C40H28N2. The highest BCUT2D eigenvalue weighted by atomic mass is 15.1. The van der Waals surface area contributed by atoms with Gasteiger partial charge in [-0.05, 0) is 92.1 Å². The van der Waals surface area contributed by atoms with Crippen LogP contribution in [0.5, 0.6) is 0 Å². The van der Waals surface area contributed by atoms with Gasteiger partial charge < -0.3 is 0 Å². The van der Waals surface area contributed by atoms with Crippen LogP contribution in [0.25, 0.3) is 71.6 Å². The summed E-state index contributed by atoms with van der Waals surface area (Å²) in [6, 6.07) is 12.1. The van der Waals surface area contributed by atoms with Crippen LogP contribution in [-0.2, 0) is 0 Å². The first-order valence-corrected chi connectivity index (χ1v) is 13.1. The number of rotatable bonds is 4. The largest absolute Gasteiger partial charge is 0.297 e. The molecule has 0 bridgehead atoms. The Morgan fingerprint density at radius 1 is 0.548 bits per heavy atom. The Morgan fingerprint density at radius 3 is 1.79 bits per heavy atom. The summed E-state index contributed by atoms with van der Waals surface area (Å²) in [4.78, 5) is 4.40. The van der Waals surface area contributed by atoms with E-state index in [9.17, 15) is 5.48 Å². The third-order valence-corrected chi connectivity index (χ3v) is 7.27. The molecule has 42 heavy (non-hydrogen) atoms. The van der Waals surface area contributed by atoms with E-state index in [1.807, 2.05) is 0 Å². The number of imidazole rings is 1. The number of nitrogens with zero attached hydrogens (tertiary/aromatic N) is 2. The first-order valence-electron chi connectivity index (χ1n) is 21.1. The van der Waals surface area contributed by atoms with Crippen molar-refractivity contribution in [3.8, 4) is 39.1 Å². The van der Waals surface area contributed by atoms with Gasteiger partial charge in [-0.3, -0.25) is 4.57 Å². The number of aromatic nitrogens is 2. The van der Waals surface area contributed by atoms with Crippen molar-refractivity contribution >= 4 is 32.6 Å². The minimum absolute atomic E-state index is 0.00316. The van der Waals surface area contributed by atoms with Crippen molar-refractivity contribution in [2.75, 3.05) is 0 Å². The predicted octanol–water partition coefficient (Wildman–Crippen LogP) is 10.6. The monoisotopic (exact) mass is 552 g/mol. The zero-order valence-electron chi connectivity index (χ0n) is 37.8. The molecule has 0 amide bonds. The van der Waals surface area contributed by atoms with Gasteiger partial charge in [-0.2, -0.15) is 0 Å². The molecule has 0 aliphatic carbocycles. The maximum atomic E-state index is 9.31. The molecule has 0 unspecified atom stereocenters. The molecule has 2 heteroatoms. The lowest BCUT2D eigenvalue weighted by molar-refractivity contribution is 1.00. The summed E-state index contributed by atoms with van der Waals surface area (Å²) in [6.07, 6.45) is 0. The summed E-state index contributed by atoms with van der Waals surface area (Å²) in [5.74, 6) is -0.237. The zero-order chi connectivity index (χ0) is 41.9. The van der Waals surface area contributed by atoms with E-state index in [4.69, 9.17) is 16.4 Å². The topological polar surface area (TPSA) is 17.8 Å². The van der Waals surface area contributed by atoms with Gasteiger partial charge in [0, 0.05) is 9.80 Å². The van der Waals surface area contributed by atoms with Crippen molar-refractivity contribution in [3.63, 3.8) is 0 Å². The van der Waals surface area contributed by atoms with Gasteiger partial charge in [0.1, 0.15) is 5.82 Å². The third kappa shape index (κ3) is 3.92. The van der Waals surface area contributed by atoms with Crippen LogP contribution in [-0.4, -0.2) is 9.55 Å². The van der Waals surface area contributed by atoms with Gasteiger partial charge in [-0.1, -0.05) is 121 Å². The van der Waals surface area contributed by atoms with E-state index in [2.05, 4.69) is 4.98 Å². The average molecular weight is 553 g/mol. The highest BCUT2D eigenvalue weighted by molar-refractivity contribution is 6.21. The second-order valence-corrected chi connectivity index (χ2v) is 9.64. The molecule has 0 atom stereocenters. The van der Waals surface area contributed by atoms with Gasteiger partial charge >= 0.3 is 0 Å². The molecule has 1 aromatic heterocycles. The quantitative estimate of drug-likeness (QED) is 0.199. The molecule has 0 N–H and O–H groups in total. The predicted molar refractivity (Wildman–Crippen MR) is 177 cm³/mol. The van der Waals surface area contributed by atoms with Gasteiger partial charge in [-0.15, -0.1) is 0 Å². The van der Waals surface area contributed by atoms with Crippen molar-refractivity contribution in [1.29, 1.82) is 0 Å². The molecule has 0 aliphatic rings. The molecule has 0 aliphatic heterocycles. The van der Waals surface area contributed by atoms with E-state index in [0.29, 0.717) is 16.7 Å². The Morgan fingerprint density at radius 2 is 1.12 bits per heavy atom. The maximum Gasteiger partial charge on any atom is 0.111 e. The molecule has 0 radical (unpaired) electrons. The first kappa shape index (κ1) is 13.0. The number of hydrogen-bond acceptors (Lipinski definition) is 1. The Labute approximate surface area is 267 Å². The zero-order valence-corrected chi connectivity index (χ0v) is 21.8. The molecule has 0 spiro atoms. The summed E-state index contributed by atoms with van der Waals surface area (Å²) in [5.41, 5.74) is 1.69. The number of hydrogen-bond donors (Lipinski definition) is 0. The smallest absolute Gasteiger partial charge is 0.111 e. The number of benzene rings is 7. The molecular weight excluding hydrogens is 508 g/mol. The molecule has 7 aromatic carbocycles. The average Bonchev–Trinajstić information content (AvgIpc) is 3.62. The normalized spacial score (nSPS) is 17.1. The van der Waals surface area contributed by atoms with Crippen LogP contribution < -0.4 is 0 Å². The summed E-state index contributed by atoms with van der Waals surface area (Å²) < 4.78 is 140. The van der Waals surface area contributed by atoms with Crippen LogP contribution >= 0.6 is 0 Å². The highest BCUT2D eigenvalue weighted by Gasteiger charge is 2.18. The van der Waals surface area contributed by atoms with Crippen LogP contribution in [0.1, 0.15) is 27.8 Å². The summed E-state index contributed by atoms with van der Waals surface area (Å²) in [6.45, 7) is -2.65. The van der Waals surface area contributed by atoms with E-state index < -0.39 is 85.4 Å². The van der Waals surface area contributed by atoms with E-state index >= 15 is 0 Å². The van der Waals surface area contributed by atoms with Crippen LogP contribution in [0.15, 0.2) is 151 Å². The van der Waals surface area contributed by atoms with E-state index in [-0.39, 0.29) is 60.8 Å². The summed E-state index contributed by atoms with van der Waals surface area (Å²) in [7, 11) is 0. The number of para-hydroxylation sites is 2. The minimum atomic E-state index is -2.65. The van der Waals surface area contributed by atoms with Crippen LogP contribution in [0.2, 0.25) is 0 Å². The summed E-state index contributed by atoms with van der Waals surface area (Å²) in [5, 5.41) is -0.373. The fraction of sp³-hybridized carbons (Fsp3) is 0.0250. The van der Waals surface area contributed by atoms with Gasteiger partial charge in [0.15, 0.2) is 0 Å². The number of aryl methyl sites for hydroxylation is 1.